The molecule has 0 bridgehead atoms. The van der Waals surface area contributed by atoms with Crippen LogP contribution >= 0.6 is 0 Å². The molecule has 2 rings (SSSR count). The third kappa shape index (κ3) is 2.46. The number of epoxide rings is 2. The summed E-state index contributed by atoms with van der Waals surface area (Å²) in [6.07, 6.45) is 3.66. The molecule has 0 spiro atoms. The highest BCUT2D eigenvalue weighted by Crippen LogP contribution is 2.29. The van der Waals surface area contributed by atoms with Gasteiger partial charge in [-0.3, -0.25) is 0 Å². The van der Waals surface area contributed by atoms with Crippen molar-refractivity contribution in [1.29, 1.82) is 0 Å². The molecule has 0 radical (unpaired) electrons. The highest BCUT2D eigenvalue weighted by molar-refractivity contribution is 4.79. The van der Waals surface area contributed by atoms with Gasteiger partial charge in [-0.05, 0) is 24.7 Å². The zero-order chi connectivity index (χ0) is 8.55. The van der Waals surface area contributed by atoms with Gasteiger partial charge in [-0.1, -0.05) is 13.8 Å². The van der Waals surface area contributed by atoms with Crippen LogP contribution in [0.3, 0.4) is 0 Å². The smallest absolute Gasteiger partial charge is 0.0812 e. The third-order valence-corrected chi connectivity index (χ3v) is 3.05. The third-order valence-electron chi connectivity index (χ3n) is 3.05. The standard InChI is InChI=1S/C10H18O2/c1-7(3-9-5-11-9)8(2)4-10-6-12-10/h7-10H,3-6H2,1-2H3. The lowest BCUT2D eigenvalue weighted by atomic mass is 9.88. The van der Waals surface area contributed by atoms with E-state index in [2.05, 4.69) is 13.8 Å². The summed E-state index contributed by atoms with van der Waals surface area (Å²) in [5, 5.41) is 0. The van der Waals surface area contributed by atoms with E-state index in [1.54, 1.807) is 0 Å². The minimum atomic E-state index is 0.586. The zero-order valence-electron chi connectivity index (χ0n) is 7.95. The molecule has 2 fully saturated rings. The summed E-state index contributed by atoms with van der Waals surface area (Å²) in [5.74, 6) is 1.59. The molecular weight excluding hydrogens is 152 g/mol. The number of hydrogen-bond acceptors (Lipinski definition) is 2. The topological polar surface area (TPSA) is 25.1 Å². The summed E-state index contributed by atoms with van der Waals surface area (Å²) in [4.78, 5) is 0. The molecule has 0 N–H and O–H groups in total. The molecule has 2 aliphatic heterocycles. The van der Waals surface area contributed by atoms with E-state index in [0.29, 0.717) is 12.2 Å². The van der Waals surface area contributed by atoms with Crippen molar-refractivity contribution in [2.75, 3.05) is 13.2 Å². The van der Waals surface area contributed by atoms with Crippen molar-refractivity contribution in [2.24, 2.45) is 11.8 Å². The summed E-state index contributed by atoms with van der Waals surface area (Å²) < 4.78 is 10.4. The van der Waals surface area contributed by atoms with Crippen LogP contribution < -0.4 is 0 Å². The Kier molecular flexibility index (Phi) is 2.37. The van der Waals surface area contributed by atoms with Gasteiger partial charge in [0.05, 0.1) is 25.4 Å². The molecule has 0 aromatic carbocycles. The Balaban J connectivity index is 1.65. The Labute approximate surface area is 74.2 Å². The molecule has 4 unspecified atom stereocenters. The Morgan fingerprint density at radius 3 is 1.58 bits per heavy atom. The summed E-state index contributed by atoms with van der Waals surface area (Å²) >= 11 is 0. The molecule has 0 aromatic heterocycles. The Morgan fingerprint density at radius 2 is 1.33 bits per heavy atom. The van der Waals surface area contributed by atoms with Gasteiger partial charge >= 0.3 is 0 Å². The van der Waals surface area contributed by atoms with Gasteiger partial charge in [0.15, 0.2) is 0 Å². The monoisotopic (exact) mass is 170 g/mol. The molecule has 70 valence electrons. The van der Waals surface area contributed by atoms with Crippen LogP contribution in [0.1, 0.15) is 26.7 Å². The molecule has 2 heteroatoms. The van der Waals surface area contributed by atoms with E-state index in [1.807, 2.05) is 0 Å². The maximum atomic E-state index is 5.22. The SMILES string of the molecule is CC(CC1CO1)C(C)CC1CO1. The van der Waals surface area contributed by atoms with Gasteiger partial charge in [0.25, 0.3) is 0 Å². The van der Waals surface area contributed by atoms with Crippen molar-refractivity contribution in [3.05, 3.63) is 0 Å². The first-order valence-corrected chi connectivity index (χ1v) is 4.99. The lowest BCUT2D eigenvalue weighted by Crippen LogP contribution is -2.12. The van der Waals surface area contributed by atoms with Crippen LogP contribution in [0, 0.1) is 11.8 Å². The van der Waals surface area contributed by atoms with Gasteiger partial charge in [-0.15, -0.1) is 0 Å². The fraction of sp³-hybridized carbons (Fsp3) is 1.00. The Morgan fingerprint density at radius 1 is 1.00 bits per heavy atom. The van der Waals surface area contributed by atoms with Crippen LogP contribution in [0.5, 0.6) is 0 Å². The van der Waals surface area contributed by atoms with Crippen LogP contribution in [0.25, 0.3) is 0 Å². The molecule has 2 saturated heterocycles. The van der Waals surface area contributed by atoms with Crippen LogP contribution in [0.4, 0.5) is 0 Å². The normalized spacial score (nSPS) is 37.5. The van der Waals surface area contributed by atoms with Gasteiger partial charge in [0.2, 0.25) is 0 Å². The van der Waals surface area contributed by atoms with Crippen molar-refractivity contribution in [1.82, 2.24) is 0 Å². The largest absolute Gasteiger partial charge is 0.373 e. The molecule has 0 saturated carbocycles. The highest BCUT2D eigenvalue weighted by atomic mass is 16.6. The van der Waals surface area contributed by atoms with Gasteiger partial charge in [-0.2, -0.15) is 0 Å². The predicted molar refractivity (Wildman–Crippen MR) is 47.0 cm³/mol. The quantitative estimate of drug-likeness (QED) is 0.588. The van der Waals surface area contributed by atoms with E-state index >= 15 is 0 Å². The molecular formula is C10H18O2. The average Bonchev–Trinajstić information content (AvgIpc) is 2.79. The minimum Gasteiger partial charge on any atom is -0.373 e. The Hall–Kier alpha value is -0.0800. The van der Waals surface area contributed by atoms with Crippen molar-refractivity contribution in [3.8, 4) is 0 Å². The van der Waals surface area contributed by atoms with Crippen LogP contribution in [0.2, 0.25) is 0 Å². The highest BCUT2D eigenvalue weighted by Gasteiger charge is 2.30. The predicted octanol–water partition coefficient (Wildman–Crippen LogP) is 1.84. The molecule has 2 aliphatic rings. The van der Waals surface area contributed by atoms with E-state index in [1.165, 1.54) is 12.8 Å². The van der Waals surface area contributed by atoms with Crippen LogP contribution in [0.15, 0.2) is 0 Å². The molecule has 2 heterocycles. The molecule has 0 aromatic rings. The lowest BCUT2D eigenvalue weighted by Gasteiger charge is -2.17. The van der Waals surface area contributed by atoms with Crippen molar-refractivity contribution in [2.45, 2.75) is 38.9 Å². The van der Waals surface area contributed by atoms with Gasteiger partial charge < -0.3 is 9.47 Å². The zero-order valence-corrected chi connectivity index (χ0v) is 7.95. The number of ether oxygens (including phenoxy) is 2. The fourth-order valence-electron chi connectivity index (χ4n) is 1.70. The van der Waals surface area contributed by atoms with Gasteiger partial charge in [-0.25, -0.2) is 0 Å². The summed E-state index contributed by atoms with van der Waals surface area (Å²) in [6, 6.07) is 0. The molecule has 2 nitrogen and oxygen atoms in total. The second-order valence-corrected chi connectivity index (χ2v) is 4.34. The van der Waals surface area contributed by atoms with E-state index in [4.69, 9.17) is 9.47 Å². The van der Waals surface area contributed by atoms with E-state index in [0.717, 1.165) is 25.0 Å². The van der Waals surface area contributed by atoms with E-state index in [-0.39, 0.29) is 0 Å². The van der Waals surface area contributed by atoms with Crippen LogP contribution in [-0.2, 0) is 9.47 Å². The first kappa shape index (κ1) is 8.52. The first-order chi connectivity index (χ1) is 5.75. The lowest BCUT2D eigenvalue weighted by molar-refractivity contribution is 0.270. The van der Waals surface area contributed by atoms with E-state index < -0.39 is 0 Å². The molecule has 4 atom stereocenters. The Bertz CT molecular complexity index is 132. The second-order valence-electron chi connectivity index (χ2n) is 4.34. The number of rotatable bonds is 5. The van der Waals surface area contributed by atoms with Gasteiger partial charge in [0.1, 0.15) is 0 Å². The number of hydrogen-bond donors (Lipinski definition) is 0. The fourth-order valence-corrected chi connectivity index (χ4v) is 1.70. The summed E-state index contributed by atoms with van der Waals surface area (Å²) in [7, 11) is 0. The minimum absolute atomic E-state index is 0.586. The average molecular weight is 170 g/mol. The maximum Gasteiger partial charge on any atom is 0.0812 e. The first-order valence-electron chi connectivity index (χ1n) is 4.99. The molecule has 0 aliphatic carbocycles. The second kappa shape index (κ2) is 3.35. The summed E-state index contributed by atoms with van der Waals surface area (Å²) in [5.41, 5.74) is 0. The van der Waals surface area contributed by atoms with Crippen molar-refractivity contribution in [3.63, 3.8) is 0 Å². The van der Waals surface area contributed by atoms with Crippen molar-refractivity contribution >= 4 is 0 Å². The van der Waals surface area contributed by atoms with Crippen LogP contribution in [-0.4, -0.2) is 25.4 Å². The molecule has 0 amide bonds. The van der Waals surface area contributed by atoms with Crippen molar-refractivity contribution < 1.29 is 9.47 Å². The summed E-state index contributed by atoms with van der Waals surface area (Å²) in [6.45, 7) is 6.65. The van der Waals surface area contributed by atoms with Gasteiger partial charge in [0, 0.05) is 0 Å². The molecule has 12 heavy (non-hydrogen) atoms. The van der Waals surface area contributed by atoms with E-state index in [9.17, 15) is 0 Å². The maximum absolute atomic E-state index is 5.22.